The molecule has 1 unspecified atom stereocenters. The van der Waals surface area contributed by atoms with Crippen molar-refractivity contribution >= 4 is 21.6 Å². The first-order valence-corrected chi connectivity index (χ1v) is 10.3. The molecule has 3 rings (SSSR count). The first kappa shape index (κ1) is 19.1. The number of rotatable bonds is 4. The molecule has 2 aromatic rings. The normalized spacial score (nSPS) is 19.6. The maximum atomic E-state index is 12.5. The van der Waals surface area contributed by atoms with Gasteiger partial charge in [0.25, 0.3) is 0 Å². The van der Waals surface area contributed by atoms with Gasteiger partial charge in [-0.25, -0.2) is 8.42 Å². The monoisotopic (exact) mass is 391 g/mol. The van der Waals surface area contributed by atoms with Crippen LogP contribution in [0.4, 0.5) is 5.88 Å². The summed E-state index contributed by atoms with van der Waals surface area (Å²) in [6.45, 7) is 3.70. The lowest BCUT2D eigenvalue weighted by Crippen LogP contribution is -2.46. The van der Waals surface area contributed by atoms with Crippen LogP contribution in [0.3, 0.4) is 0 Å². The summed E-state index contributed by atoms with van der Waals surface area (Å²) < 4.78 is 31.2. The van der Waals surface area contributed by atoms with E-state index in [4.69, 9.17) is 4.42 Å². The van der Waals surface area contributed by atoms with Gasteiger partial charge in [0.15, 0.2) is 9.84 Å². The Kier molecular flexibility index (Phi) is 5.08. The van der Waals surface area contributed by atoms with Crippen molar-refractivity contribution in [1.29, 1.82) is 5.26 Å². The molecule has 0 radical (unpaired) electrons. The molecule has 9 nitrogen and oxygen atoms in total. The van der Waals surface area contributed by atoms with Crippen LogP contribution in [-0.4, -0.2) is 53.6 Å². The van der Waals surface area contributed by atoms with E-state index < -0.39 is 15.9 Å². The minimum absolute atomic E-state index is 0.000540. The van der Waals surface area contributed by atoms with Crippen LogP contribution in [-0.2, 0) is 21.7 Å². The quantitative estimate of drug-likeness (QED) is 0.822. The number of carbonyl (C=O) groups excluding carboxylic acids is 1. The van der Waals surface area contributed by atoms with Gasteiger partial charge in [0.2, 0.25) is 11.8 Å². The van der Waals surface area contributed by atoms with E-state index in [2.05, 4.69) is 10.4 Å². The number of aromatic nitrogens is 2. The molecule has 27 heavy (non-hydrogen) atoms. The second kappa shape index (κ2) is 7.17. The molecule has 10 heteroatoms. The molecule has 3 heterocycles. The molecule has 2 aromatic heterocycles. The number of nitriles is 1. The van der Waals surface area contributed by atoms with Crippen LogP contribution in [0.1, 0.15) is 28.5 Å². The molecular weight excluding hydrogens is 370 g/mol. The van der Waals surface area contributed by atoms with Gasteiger partial charge >= 0.3 is 0 Å². The highest BCUT2D eigenvalue weighted by molar-refractivity contribution is 7.91. The van der Waals surface area contributed by atoms with E-state index in [9.17, 15) is 18.5 Å². The summed E-state index contributed by atoms with van der Waals surface area (Å²) in [6.07, 6.45) is 3.37. The van der Waals surface area contributed by atoms with Gasteiger partial charge in [-0.1, -0.05) is 0 Å². The van der Waals surface area contributed by atoms with Crippen LogP contribution in [0.15, 0.2) is 16.8 Å². The summed E-state index contributed by atoms with van der Waals surface area (Å²) in [4.78, 5) is 14.3. The average molecular weight is 391 g/mol. The molecule has 1 atom stereocenters. The molecule has 1 N–H and O–H groups in total. The Morgan fingerprint density at radius 1 is 1.48 bits per heavy atom. The molecule has 0 saturated carbocycles. The van der Waals surface area contributed by atoms with Crippen LogP contribution in [0.5, 0.6) is 0 Å². The van der Waals surface area contributed by atoms with Crippen molar-refractivity contribution < 1.29 is 17.6 Å². The predicted molar refractivity (Wildman–Crippen MR) is 97.7 cm³/mol. The van der Waals surface area contributed by atoms with Gasteiger partial charge in [0.05, 0.1) is 30.3 Å². The zero-order valence-corrected chi connectivity index (χ0v) is 16.2. The Bertz CT molecular complexity index is 1010. The van der Waals surface area contributed by atoms with E-state index in [1.54, 1.807) is 38.0 Å². The smallest absolute Gasteiger partial charge is 0.240 e. The van der Waals surface area contributed by atoms with Gasteiger partial charge in [-0.2, -0.15) is 10.4 Å². The maximum absolute atomic E-state index is 12.5. The second-order valence-corrected chi connectivity index (χ2v) is 8.92. The third-order valence-corrected chi connectivity index (χ3v) is 6.38. The summed E-state index contributed by atoms with van der Waals surface area (Å²) >= 11 is 0. The number of hydrogen-bond donors (Lipinski definition) is 1. The number of hydrogen-bond acceptors (Lipinski definition) is 7. The lowest BCUT2D eigenvalue weighted by Gasteiger charge is -2.34. The molecule has 1 amide bonds. The van der Waals surface area contributed by atoms with E-state index in [0.29, 0.717) is 16.9 Å². The second-order valence-electron chi connectivity index (χ2n) is 6.70. The van der Waals surface area contributed by atoms with E-state index in [0.717, 1.165) is 5.56 Å². The fourth-order valence-electron chi connectivity index (χ4n) is 3.15. The maximum Gasteiger partial charge on any atom is 0.240 e. The zero-order chi connectivity index (χ0) is 19.8. The Morgan fingerprint density at radius 2 is 2.22 bits per heavy atom. The highest BCUT2D eigenvalue weighted by atomic mass is 32.2. The third kappa shape index (κ3) is 4.04. The number of sulfone groups is 1. The van der Waals surface area contributed by atoms with Crippen molar-refractivity contribution in [1.82, 2.24) is 14.7 Å². The van der Waals surface area contributed by atoms with Gasteiger partial charge in [-0.3, -0.25) is 19.7 Å². The van der Waals surface area contributed by atoms with Gasteiger partial charge < -0.3 is 4.42 Å². The zero-order valence-electron chi connectivity index (χ0n) is 15.4. The van der Waals surface area contributed by atoms with Gasteiger partial charge in [-0.05, 0) is 13.8 Å². The topological polar surface area (TPSA) is 121 Å². The SMILES string of the molecule is Cc1oc(NC(=O)CN2CCS(=O)(=O)CC2c2cnn(C)c2)c(C#N)c1C. The van der Waals surface area contributed by atoms with Crippen molar-refractivity contribution in [3.8, 4) is 6.07 Å². The lowest BCUT2D eigenvalue weighted by atomic mass is 10.1. The highest BCUT2D eigenvalue weighted by Gasteiger charge is 2.34. The third-order valence-electron chi connectivity index (χ3n) is 4.75. The van der Waals surface area contributed by atoms with Crippen LogP contribution in [0, 0.1) is 25.2 Å². The fourth-order valence-corrected chi connectivity index (χ4v) is 4.71. The van der Waals surface area contributed by atoms with Crippen molar-refractivity contribution in [2.75, 3.05) is 29.9 Å². The molecule has 1 aliphatic rings. The first-order chi connectivity index (χ1) is 12.7. The number of carbonyl (C=O) groups is 1. The predicted octanol–water partition coefficient (Wildman–Crippen LogP) is 0.912. The van der Waals surface area contributed by atoms with E-state index in [1.807, 2.05) is 11.0 Å². The number of anilines is 1. The van der Waals surface area contributed by atoms with E-state index in [-0.39, 0.29) is 36.4 Å². The standard InChI is InChI=1S/C17H21N5O4S/c1-11-12(2)26-17(14(11)6-18)20-16(23)9-22-4-5-27(24,25)10-15(22)13-7-19-21(3)8-13/h7-8,15H,4-5,9-10H2,1-3H3,(H,20,23). The summed E-state index contributed by atoms with van der Waals surface area (Å²) in [7, 11) is -1.43. The summed E-state index contributed by atoms with van der Waals surface area (Å²) in [6, 6.07) is 1.58. The van der Waals surface area contributed by atoms with Gasteiger partial charge in [0, 0.05) is 30.9 Å². The molecule has 0 bridgehead atoms. The summed E-state index contributed by atoms with van der Waals surface area (Å²) in [5, 5.41) is 16.0. The van der Waals surface area contributed by atoms with Crippen LogP contribution in [0.2, 0.25) is 0 Å². The number of nitrogens with one attached hydrogen (secondary N) is 1. The number of nitrogens with zero attached hydrogens (tertiary/aromatic N) is 4. The fraction of sp³-hybridized carbons (Fsp3) is 0.471. The minimum Gasteiger partial charge on any atom is -0.444 e. The number of amides is 1. The lowest BCUT2D eigenvalue weighted by molar-refractivity contribution is -0.117. The van der Waals surface area contributed by atoms with E-state index >= 15 is 0 Å². The van der Waals surface area contributed by atoms with Crippen LogP contribution < -0.4 is 5.32 Å². The van der Waals surface area contributed by atoms with E-state index in [1.165, 1.54) is 0 Å². The Morgan fingerprint density at radius 3 is 2.85 bits per heavy atom. The highest BCUT2D eigenvalue weighted by Crippen LogP contribution is 2.28. The Balaban J connectivity index is 1.77. The largest absolute Gasteiger partial charge is 0.444 e. The van der Waals surface area contributed by atoms with Gasteiger partial charge in [0.1, 0.15) is 17.4 Å². The number of furan rings is 1. The molecule has 0 aliphatic carbocycles. The van der Waals surface area contributed by atoms with Crippen molar-refractivity contribution in [3.63, 3.8) is 0 Å². The summed E-state index contributed by atoms with van der Waals surface area (Å²) in [5.41, 5.74) is 1.73. The van der Waals surface area contributed by atoms with Crippen LogP contribution >= 0.6 is 0 Å². The number of aryl methyl sites for hydroxylation is 2. The molecular formula is C17H21N5O4S. The minimum atomic E-state index is -3.18. The Hall–Kier alpha value is -2.64. The molecule has 144 valence electrons. The molecule has 0 spiro atoms. The van der Waals surface area contributed by atoms with Crippen molar-refractivity contribution in [3.05, 3.63) is 34.8 Å². The molecule has 1 saturated heterocycles. The molecule has 0 aromatic carbocycles. The van der Waals surface area contributed by atoms with Crippen molar-refractivity contribution in [2.45, 2.75) is 19.9 Å². The van der Waals surface area contributed by atoms with Crippen LogP contribution in [0.25, 0.3) is 0 Å². The summed E-state index contributed by atoms with van der Waals surface area (Å²) in [5.74, 6) is 0.265. The molecule has 1 fully saturated rings. The Labute approximate surface area is 157 Å². The van der Waals surface area contributed by atoms with Gasteiger partial charge in [-0.15, -0.1) is 0 Å². The van der Waals surface area contributed by atoms with Crippen molar-refractivity contribution in [2.24, 2.45) is 7.05 Å². The average Bonchev–Trinajstić information content (AvgIpc) is 3.13. The molecule has 1 aliphatic heterocycles. The first-order valence-electron chi connectivity index (χ1n) is 8.43.